The number of hydrogen-bond donors (Lipinski definition) is 1. The Kier molecular flexibility index (Phi) is 6.38. The molecule has 1 aliphatic rings. The molecule has 0 aliphatic carbocycles. The van der Waals surface area contributed by atoms with Gasteiger partial charge in [0.2, 0.25) is 0 Å². The van der Waals surface area contributed by atoms with E-state index in [4.69, 9.17) is 12.2 Å². The lowest BCUT2D eigenvalue weighted by Crippen LogP contribution is -2.54. The maximum Gasteiger partial charge on any atom is 0.416 e. The summed E-state index contributed by atoms with van der Waals surface area (Å²) in [4.78, 5) is 26.8. The molecule has 0 saturated carbocycles. The first-order valence-corrected chi connectivity index (χ1v) is 11.3. The van der Waals surface area contributed by atoms with Crippen LogP contribution in [0.15, 0.2) is 60.2 Å². The Balaban J connectivity index is 1.74. The van der Waals surface area contributed by atoms with Crippen molar-refractivity contribution in [1.82, 2.24) is 9.88 Å². The fourth-order valence-corrected chi connectivity index (χ4v) is 4.36. The average Bonchev–Trinajstić information content (AvgIpc) is 3.09. The highest BCUT2D eigenvalue weighted by Crippen LogP contribution is 2.33. The molecule has 0 unspecified atom stereocenters. The molecule has 2 amide bonds. The second kappa shape index (κ2) is 9.14. The number of carbonyl (C=O) groups is 2. The van der Waals surface area contributed by atoms with Crippen molar-refractivity contribution in [2.75, 3.05) is 4.90 Å². The number of hydrogen-bond acceptors (Lipinski definition) is 3. The Morgan fingerprint density at radius 1 is 1.00 bits per heavy atom. The number of rotatable bonds is 4. The van der Waals surface area contributed by atoms with E-state index in [2.05, 4.69) is 12.2 Å². The van der Waals surface area contributed by atoms with Crippen molar-refractivity contribution < 1.29 is 22.8 Å². The van der Waals surface area contributed by atoms with E-state index >= 15 is 0 Å². The number of aryl methyl sites for hydroxylation is 2. The predicted molar refractivity (Wildman–Crippen MR) is 132 cm³/mol. The van der Waals surface area contributed by atoms with Crippen molar-refractivity contribution in [2.45, 2.75) is 33.4 Å². The lowest BCUT2D eigenvalue weighted by atomic mass is 10.1. The normalized spacial score (nSPS) is 15.7. The third-order valence-electron chi connectivity index (χ3n) is 5.91. The molecular weight excluding hydrogens is 475 g/mol. The van der Waals surface area contributed by atoms with Crippen LogP contribution < -0.4 is 10.2 Å². The number of carbonyl (C=O) groups excluding carboxylic acids is 2. The summed E-state index contributed by atoms with van der Waals surface area (Å²) in [5.74, 6) is -1.50. The molecule has 0 atom stereocenters. The Bertz CT molecular complexity index is 1370. The summed E-state index contributed by atoms with van der Waals surface area (Å²) in [5, 5.41) is 2.13. The van der Waals surface area contributed by atoms with E-state index in [1.165, 1.54) is 23.8 Å². The maximum atomic E-state index is 13.3. The number of alkyl halides is 3. The van der Waals surface area contributed by atoms with Crippen molar-refractivity contribution >= 4 is 40.9 Å². The summed E-state index contributed by atoms with van der Waals surface area (Å²) in [7, 11) is 0. The number of benzene rings is 2. The Labute approximate surface area is 205 Å². The van der Waals surface area contributed by atoms with Gasteiger partial charge < -0.3 is 4.57 Å². The van der Waals surface area contributed by atoms with Gasteiger partial charge in [0.1, 0.15) is 5.57 Å². The third-order valence-corrected chi connectivity index (χ3v) is 6.19. The van der Waals surface area contributed by atoms with Crippen molar-refractivity contribution in [3.8, 4) is 5.69 Å². The molecule has 3 aromatic rings. The molecule has 2 aromatic carbocycles. The lowest BCUT2D eigenvalue weighted by molar-refractivity contribution is -0.137. The van der Waals surface area contributed by atoms with Gasteiger partial charge in [-0.05, 0) is 86.1 Å². The number of aromatic nitrogens is 1. The summed E-state index contributed by atoms with van der Waals surface area (Å²) >= 11 is 5.11. The maximum absolute atomic E-state index is 13.3. The Morgan fingerprint density at radius 3 is 2.31 bits per heavy atom. The molecule has 1 N–H and O–H groups in total. The first-order valence-electron chi connectivity index (χ1n) is 10.9. The molecule has 180 valence electrons. The van der Waals surface area contributed by atoms with E-state index in [-0.39, 0.29) is 16.4 Å². The van der Waals surface area contributed by atoms with Gasteiger partial charge >= 0.3 is 6.18 Å². The monoisotopic (exact) mass is 497 g/mol. The number of thiocarbonyl (C=S) groups is 1. The highest BCUT2D eigenvalue weighted by atomic mass is 32.1. The largest absolute Gasteiger partial charge is 0.416 e. The first kappa shape index (κ1) is 24.4. The standard InChI is InChI=1S/C26H22F3N3O2S/c1-4-17-8-10-20(11-9-17)31-15(2)12-18(16(31)3)13-22-23(33)30-25(35)32(24(22)34)21-7-5-6-19(14-21)26(27,28)29/h5-14H,4H2,1-3H3,(H,30,33,35)/b22-13+. The highest BCUT2D eigenvalue weighted by molar-refractivity contribution is 7.80. The summed E-state index contributed by atoms with van der Waals surface area (Å²) in [6, 6.07) is 14.2. The van der Waals surface area contributed by atoms with Crippen LogP contribution in [0.5, 0.6) is 0 Å². The summed E-state index contributed by atoms with van der Waals surface area (Å²) < 4.78 is 41.6. The van der Waals surface area contributed by atoms with Crippen LogP contribution >= 0.6 is 12.2 Å². The van der Waals surface area contributed by atoms with Gasteiger partial charge in [-0.2, -0.15) is 13.2 Å². The first-order chi connectivity index (χ1) is 16.5. The predicted octanol–water partition coefficient (Wildman–Crippen LogP) is 5.51. The topological polar surface area (TPSA) is 54.3 Å². The minimum Gasteiger partial charge on any atom is -0.318 e. The van der Waals surface area contributed by atoms with Gasteiger partial charge in [-0.3, -0.25) is 19.8 Å². The van der Waals surface area contributed by atoms with Crippen molar-refractivity contribution in [2.24, 2.45) is 0 Å². The van der Waals surface area contributed by atoms with Crippen molar-refractivity contribution in [1.29, 1.82) is 0 Å². The Morgan fingerprint density at radius 2 is 1.69 bits per heavy atom. The molecule has 1 aliphatic heterocycles. The number of nitrogens with one attached hydrogen (secondary N) is 1. The quantitative estimate of drug-likeness (QED) is 0.294. The average molecular weight is 498 g/mol. The van der Waals surface area contributed by atoms with E-state index in [9.17, 15) is 22.8 Å². The minimum absolute atomic E-state index is 0.0813. The molecule has 9 heteroatoms. The van der Waals surface area contributed by atoms with E-state index in [0.29, 0.717) is 5.56 Å². The highest BCUT2D eigenvalue weighted by Gasteiger charge is 2.36. The zero-order valence-electron chi connectivity index (χ0n) is 19.2. The van der Waals surface area contributed by atoms with Gasteiger partial charge in [0.05, 0.1) is 11.3 Å². The zero-order valence-corrected chi connectivity index (χ0v) is 20.1. The molecule has 0 spiro atoms. The molecule has 5 nitrogen and oxygen atoms in total. The third kappa shape index (κ3) is 4.64. The molecule has 1 aromatic heterocycles. The van der Waals surface area contributed by atoms with Crippen LogP contribution in [0.2, 0.25) is 0 Å². The molecule has 35 heavy (non-hydrogen) atoms. The van der Waals surface area contributed by atoms with Gasteiger partial charge in [0.15, 0.2) is 5.11 Å². The second-order valence-corrected chi connectivity index (χ2v) is 8.57. The second-order valence-electron chi connectivity index (χ2n) is 8.19. The molecule has 0 radical (unpaired) electrons. The minimum atomic E-state index is -4.59. The molecule has 0 bridgehead atoms. The summed E-state index contributed by atoms with van der Waals surface area (Å²) in [6.07, 6.45) is -2.23. The van der Waals surface area contributed by atoms with E-state index < -0.39 is 23.6 Å². The van der Waals surface area contributed by atoms with Crippen LogP contribution in [0.3, 0.4) is 0 Å². The molecule has 4 rings (SSSR count). The Hall–Kier alpha value is -3.72. The fraction of sp³-hybridized carbons (Fsp3) is 0.192. The molecule has 1 fully saturated rings. The SMILES string of the molecule is CCc1ccc(-n2c(C)cc(/C=C3\C(=O)NC(=S)N(c4cccc(C(F)(F)F)c4)C3=O)c2C)cc1. The van der Waals surface area contributed by atoms with Crippen LogP contribution in [0.1, 0.15) is 35.0 Å². The lowest BCUT2D eigenvalue weighted by Gasteiger charge is -2.29. The number of anilines is 1. The van der Waals surface area contributed by atoms with Crippen LogP contribution in [-0.4, -0.2) is 21.5 Å². The molecule has 2 heterocycles. The number of nitrogens with zero attached hydrogens (tertiary/aromatic N) is 2. The van der Waals surface area contributed by atoms with Crippen LogP contribution in [0, 0.1) is 13.8 Å². The smallest absolute Gasteiger partial charge is 0.318 e. The number of halogens is 3. The molecular formula is C26H22F3N3O2S. The van der Waals surface area contributed by atoms with Crippen LogP contribution in [-0.2, 0) is 22.2 Å². The molecule has 1 saturated heterocycles. The van der Waals surface area contributed by atoms with Crippen molar-refractivity contribution in [3.05, 3.63) is 88.2 Å². The van der Waals surface area contributed by atoms with Crippen molar-refractivity contribution in [3.63, 3.8) is 0 Å². The number of amides is 2. The van der Waals surface area contributed by atoms with Crippen LogP contribution in [0.4, 0.5) is 18.9 Å². The summed E-state index contributed by atoms with van der Waals surface area (Å²) in [6.45, 7) is 5.86. The van der Waals surface area contributed by atoms with E-state index in [1.807, 2.05) is 48.7 Å². The van der Waals surface area contributed by atoms with Gasteiger partial charge in [-0.25, -0.2) is 0 Å². The van der Waals surface area contributed by atoms with Gasteiger partial charge in [-0.1, -0.05) is 25.1 Å². The fourth-order valence-electron chi connectivity index (χ4n) is 4.08. The van der Waals surface area contributed by atoms with E-state index in [0.717, 1.165) is 40.5 Å². The zero-order chi connectivity index (χ0) is 25.5. The van der Waals surface area contributed by atoms with Gasteiger partial charge in [0.25, 0.3) is 11.8 Å². The summed E-state index contributed by atoms with van der Waals surface area (Å²) in [5.41, 5.74) is 3.25. The van der Waals surface area contributed by atoms with Crippen LogP contribution in [0.25, 0.3) is 11.8 Å². The van der Waals surface area contributed by atoms with Gasteiger partial charge in [0, 0.05) is 17.1 Å². The van der Waals surface area contributed by atoms with Gasteiger partial charge in [-0.15, -0.1) is 0 Å². The van der Waals surface area contributed by atoms with E-state index in [1.54, 1.807) is 0 Å².